The molecule has 112 valence electrons. The van der Waals surface area contributed by atoms with E-state index in [9.17, 15) is 0 Å². The molecule has 1 aromatic carbocycles. The maximum Gasteiger partial charge on any atom is 0.133 e. The van der Waals surface area contributed by atoms with Crippen LogP contribution in [0, 0.1) is 6.92 Å². The van der Waals surface area contributed by atoms with E-state index in [0.29, 0.717) is 0 Å². The van der Waals surface area contributed by atoms with E-state index in [4.69, 9.17) is 0 Å². The van der Waals surface area contributed by atoms with Crippen LogP contribution in [-0.4, -0.2) is 15.3 Å². The van der Waals surface area contributed by atoms with Gasteiger partial charge in [0.2, 0.25) is 0 Å². The summed E-state index contributed by atoms with van der Waals surface area (Å²) in [6.07, 6.45) is 1.99. The Labute approximate surface area is 126 Å². The Kier molecular flexibility index (Phi) is 3.19. The number of aryl methyl sites for hydroxylation is 2. The first-order valence-corrected chi connectivity index (χ1v) is 7.60. The Morgan fingerprint density at radius 3 is 2.71 bits per heavy atom. The van der Waals surface area contributed by atoms with Gasteiger partial charge < -0.3 is 10.2 Å². The van der Waals surface area contributed by atoms with Crippen molar-refractivity contribution in [3.8, 4) is 0 Å². The topological polar surface area (TPSA) is 33.1 Å². The number of fused-ring (bicyclic) bond motifs is 2. The van der Waals surface area contributed by atoms with Crippen molar-refractivity contribution in [1.29, 1.82) is 0 Å². The lowest BCUT2D eigenvalue weighted by atomic mass is 10.0. The van der Waals surface area contributed by atoms with Gasteiger partial charge >= 0.3 is 0 Å². The summed E-state index contributed by atoms with van der Waals surface area (Å²) in [5.74, 6) is 1.12. The number of hydrogen-bond donors (Lipinski definition) is 1. The smallest absolute Gasteiger partial charge is 0.133 e. The molecular formula is C17H24N4. The molecule has 0 saturated heterocycles. The molecule has 0 fully saturated rings. The van der Waals surface area contributed by atoms with Crippen LogP contribution in [0.4, 0.5) is 17.2 Å². The third-order valence-electron chi connectivity index (χ3n) is 4.05. The van der Waals surface area contributed by atoms with E-state index in [0.717, 1.165) is 18.9 Å². The summed E-state index contributed by atoms with van der Waals surface area (Å²) in [5, 5.41) is 8.10. The van der Waals surface area contributed by atoms with Crippen LogP contribution in [0.2, 0.25) is 0 Å². The quantitative estimate of drug-likeness (QED) is 0.856. The second-order valence-corrected chi connectivity index (χ2v) is 6.74. The lowest BCUT2D eigenvalue weighted by molar-refractivity contribution is 0.503. The molecule has 0 atom stereocenters. The zero-order valence-electron chi connectivity index (χ0n) is 13.6. The number of hydrogen-bond acceptors (Lipinski definition) is 3. The van der Waals surface area contributed by atoms with Gasteiger partial charge in [-0.15, -0.1) is 0 Å². The van der Waals surface area contributed by atoms with Crippen LogP contribution in [0.1, 0.15) is 38.8 Å². The van der Waals surface area contributed by atoms with Crippen LogP contribution < -0.4 is 10.2 Å². The Morgan fingerprint density at radius 1 is 1.29 bits per heavy atom. The molecule has 21 heavy (non-hydrogen) atoms. The third-order valence-corrected chi connectivity index (χ3v) is 4.05. The van der Waals surface area contributed by atoms with Crippen LogP contribution >= 0.6 is 0 Å². The highest BCUT2D eigenvalue weighted by atomic mass is 15.3. The van der Waals surface area contributed by atoms with Gasteiger partial charge in [-0.1, -0.05) is 6.07 Å². The molecule has 4 nitrogen and oxygen atoms in total. The highest BCUT2D eigenvalue weighted by molar-refractivity contribution is 5.79. The van der Waals surface area contributed by atoms with Crippen LogP contribution in [0.25, 0.3) is 0 Å². The summed E-state index contributed by atoms with van der Waals surface area (Å²) < 4.78 is 2.04. The fraction of sp³-hybridized carbons (Fsp3) is 0.471. The molecule has 0 bridgehead atoms. The molecule has 0 saturated carbocycles. The first kappa shape index (κ1) is 14.0. The van der Waals surface area contributed by atoms with Gasteiger partial charge in [0.15, 0.2) is 0 Å². The summed E-state index contributed by atoms with van der Waals surface area (Å²) in [7, 11) is 0. The van der Waals surface area contributed by atoms with Gasteiger partial charge in [0.1, 0.15) is 5.82 Å². The zero-order valence-corrected chi connectivity index (χ0v) is 13.6. The largest absolute Gasteiger partial charge is 0.360 e. The first-order valence-electron chi connectivity index (χ1n) is 7.60. The molecule has 0 aliphatic carbocycles. The molecule has 2 aromatic rings. The second-order valence-electron chi connectivity index (χ2n) is 6.74. The summed E-state index contributed by atoms with van der Waals surface area (Å²) in [6, 6.07) is 6.62. The Morgan fingerprint density at radius 2 is 2.05 bits per heavy atom. The Balaban J connectivity index is 2.18. The van der Waals surface area contributed by atoms with Crippen molar-refractivity contribution in [1.82, 2.24) is 9.78 Å². The predicted octanol–water partition coefficient (Wildman–Crippen LogP) is 4.07. The van der Waals surface area contributed by atoms with Crippen LogP contribution in [0.15, 0.2) is 24.4 Å². The van der Waals surface area contributed by atoms with E-state index < -0.39 is 0 Å². The summed E-state index contributed by atoms with van der Waals surface area (Å²) in [4.78, 5) is 2.45. The molecule has 1 aliphatic rings. The van der Waals surface area contributed by atoms with E-state index in [1.165, 1.54) is 22.5 Å². The average molecular weight is 284 g/mol. The van der Waals surface area contributed by atoms with Crippen LogP contribution in [0.3, 0.4) is 0 Å². The fourth-order valence-corrected chi connectivity index (χ4v) is 2.89. The van der Waals surface area contributed by atoms with Crippen molar-refractivity contribution in [2.45, 2.75) is 53.2 Å². The fourth-order valence-electron chi connectivity index (χ4n) is 2.89. The highest BCUT2D eigenvalue weighted by Gasteiger charge is 2.29. The van der Waals surface area contributed by atoms with Crippen molar-refractivity contribution in [3.63, 3.8) is 0 Å². The lowest BCUT2D eigenvalue weighted by Gasteiger charge is -2.37. The van der Waals surface area contributed by atoms with Gasteiger partial charge in [0.05, 0.1) is 17.6 Å². The van der Waals surface area contributed by atoms with E-state index in [1.54, 1.807) is 0 Å². The molecule has 1 aliphatic heterocycles. The van der Waals surface area contributed by atoms with Crippen molar-refractivity contribution in [3.05, 3.63) is 35.5 Å². The first-order chi connectivity index (χ1) is 9.90. The number of nitrogens with one attached hydrogen (secondary N) is 1. The molecule has 4 heteroatoms. The normalized spacial score (nSPS) is 14.2. The molecule has 3 rings (SSSR count). The second kappa shape index (κ2) is 4.79. The minimum Gasteiger partial charge on any atom is -0.360 e. The van der Waals surface area contributed by atoms with Gasteiger partial charge in [-0.3, -0.25) is 0 Å². The molecule has 0 amide bonds. The van der Waals surface area contributed by atoms with Crippen molar-refractivity contribution in [2.24, 2.45) is 0 Å². The van der Waals surface area contributed by atoms with Crippen LogP contribution in [0.5, 0.6) is 0 Å². The molecule has 0 spiro atoms. The van der Waals surface area contributed by atoms with Gasteiger partial charge in [0, 0.05) is 24.2 Å². The van der Waals surface area contributed by atoms with Gasteiger partial charge in [-0.25, -0.2) is 4.68 Å². The zero-order chi connectivity index (χ0) is 15.2. The SMILES string of the molecule is CCn1ncc2c1Nc1cc(C)ccc1N(C(C)(C)C)C2. The summed E-state index contributed by atoms with van der Waals surface area (Å²) >= 11 is 0. The van der Waals surface area contributed by atoms with Gasteiger partial charge in [-0.05, 0) is 52.3 Å². The number of rotatable bonds is 1. The van der Waals surface area contributed by atoms with E-state index >= 15 is 0 Å². The van der Waals surface area contributed by atoms with Gasteiger partial charge in [0.25, 0.3) is 0 Å². The van der Waals surface area contributed by atoms with E-state index in [-0.39, 0.29) is 5.54 Å². The summed E-state index contributed by atoms with van der Waals surface area (Å²) in [6.45, 7) is 12.8. The molecule has 2 heterocycles. The maximum atomic E-state index is 4.50. The standard InChI is InChI=1S/C17H24N4/c1-6-21-16-13(10-18-21)11-20(17(3,4)5)15-8-7-12(2)9-14(15)19-16/h7-10,19H,6,11H2,1-5H3. The molecule has 0 unspecified atom stereocenters. The Bertz CT molecular complexity index is 664. The molecule has 1 aromatic heterocycles. The van der Waals surface area contributed by atoms with Crippen molar-refractivity contribution >= 4 is 17.2 Å². The number of aromatic nitrogens is 2. The maximum absolute atomic E-state index is 4.50. The van der Waals surface area contributed by atoms with E-state index in [1.807, 2.05) is 10.9 Å². The van der Waals surface area contributed by atoms with E-state index in [2.05, 4.69) is 68.1 Å². The molecular weight excluding hydrogens is 260 g/mol. The summed E-state index contributed by atoms with van der Waals surface area (Å²) in [5.41, 5.74) is 4.99. The highest BCUT2D eigenvalue weighted by Crippen LogP contribution is 2.39. The average Bonchev–Trinajstić information content (AvgIpc) is 2.70. The van der Waals surface area contributed by atoms with Gasteiger partial charge in [-0.2, -0.15) is 5.10 Å². The molecule has 1 N–H and O–H groups in total. The van der Waals surface area contributed by atoms with Crippen LogP contribution in [-0.2, 0) is 13.1 Å². The number of benzene rings is 1. The van der Waals surface area contributed by atoms with Crippen molar-refractivity contribution < 1.29 is 0 Å². The molecule has 0 radical (unpaired) electrons. The number of nitrogens with zero attached hydrogens (tertiary/aromatic N) is 3. The minimum absolute atomic E-state index is 0.0572. The Hall–Kier alpha value is -1.97. The minimum atomic E-state index is 0.0572. The number of anilines is 3. The third kappa shape index (κ3) is 2.39. The monoisotopic (exact) mass is 284 g/mol. The van der Waals surface area contributed by atoms with Crippen molar-refractivity contribution in [2.75, 3.05) is 10.2 Å². The lowest BCUT2D eigenvalue weighted by Crippen LogP contribution is -2.40. The predicted molar refractivity (Wildman–Crippen MR) is 88.3 cm³/mol.